The van der Waals surface area contributed by atoms with Gasteiger partial charge in [-0.3, -0.25) is 0 Å². The number of nitrogens with one attached hydrogen (secondary N) is 1. The number of amides is 1. The topological polar surface area (TPSA) is 75.3 Å². The van der Waals surface area contributed by atoms with E-state index in [1.165, 1.54) is 80.0 Å². The summed E-state index contributed by atoms with van der Waals surface area (Å²) >= 11 is 0. The molecule has 1 aliphatic carbocycles. The lowest BCUT2D eigenvalue weighted by molar-refractivity contribution is -0.00231. The molecule has 3 rings (SSSR count). The maximum Gasteiger partial charge on any atom is 0.407 e. The molecule has 240 valence electrons. The summed E-state index contributed by atoms with van der Waals surface area (Å²) in [6.45, 7) is 7.89. The van der Waals surface area contributed by atoms with Gasteiger partial charge in [-0.25, -0.2) is 4.79 Å². The molecule has 0 heterocycles. The predicted octanol–water partition coefficient (Wildman–Crippen LogP) is 7.90. The molecule has 0 radical (unpaired) electrons. The van der Waals surface area contributed by atoms with Crippen LogP contribution in [0, 0.1) is 0 Å². The van der Waals surface area contributed by atoms with E-state index < -0.39 is 6.09 Å². The van der Waals surface area contributed by atoms with Crippen LogP contribution in [0.15, 0.2) is 48.5 Å². The van der Waals surface area contributed by atoms with Gasteiger partial charge in [0.05, 0.1) is 39.6 Å². The number of benzene rings is 2. The molecule has 0 fully saturated rings. The normalized spacial score (nSPS) is 12.3. The van der Waals surface area contributed by atoms with Gasteiger partial charge in [-0.15, -0.1) is 0 Å². The summed E-state index contributed by atoms with van der Waals surface area (Å²) in [4.78, 5) is 12.2. The van der Waals surface area contributed by atoms with Crippen molar-refractivity contribution in [3.8, 4) is 11.1 Å². The Kier molecular flexibility index (Phi) is 18.7. The molecular formula is C36H55NO6. The minimum absolute atomic E-state index is 0.0689. The molecule has 0 aliphatic heterocycles. The first kappa shape index (κ1) is 35.0. The van der Waals surface area contributed by atoms with Gasteiger partial charge in [0.25, 0.3) is 0 Å². The van der Waals surface area contributed by atoms with Gasteiger partial charge in [0.2, 0.25) is 0 Å². The lowest BCUT2D eigenvalue weighted by atomic mass is 9.98. The van der Waals surface area contributed by atoms with Crippen molar-refractivity contribution in [1.29, 1.82) is 0 Å². The van der Waals surface area contributed by atoms with E-state index in [-0.39, 0.29) is 5.92 Å². The van der Waals surface area contributed by atoms with Crippen LogP contribution in [0.5, 0.6) is 0 Å². The summed E-state index contributed by atoms with van der Waals surface area (Å²) < 4.78 is 27.9. The Hall–Kier alpha value is -2.45. The van der Waals surface area contributed by atoms with Crippen LogP contribution in [0.2, 0.25) is 0 Å². The number of alkyl carbamates (subject to hydrolysis) is 1. The van der Waals surface area contributed by atoms with Gasteiger partial charge in [0.15, 0.2) is 0 Å². The van der Waals surface area contributed by atoms with E-state index in [0.29, 0.717) is 65.8 Å². The van der Waals surface area contributed by atoms with Crippen molar-refractivity contribution >= 4 is 6.09 Å². The molecule has 0 saturated heterocycles. The summed E-state index contributed by atoms with van der Waals surface area (Å²) in [7, 11) is 0. The zero-order valence-corrected chi connectivity index (χ0v) is 26.5. The summed E-state index contributed by atoms with van der Waals surface area (Å²) in [6, 6.07) is 16.7. The van der Waals surface area contributed by atoms with Crippen LogP contribution in [-0.2, 0) is 23.7 Å². The van der Waals surface area contributed by atoms with Crippen LogP contribution < -0.4 is 5.32 Å². The maximum absolute atomic E-state index is 12.2. The van der Waals surface area contributed by atoms with Crippen molar-refractivity contribution in [2.45, 2.75) is 83.5 Å². The molecule has 0 spiro atoms. The second kappa shape index (κ2) is 23.0. The Labute approximate surface area is 260 Å². The van der Waals surface area contributed by atoms with Gasteiger partial charge >= 0.3 is 6.09 Å². The molecule has 1 aliphatic rings. The number of hydrogen-bond acceptors (Lipinski definition) is 6. The Morgan fingerprint density at radius 1 is 0.581 bits per heavy atom. The molecule has 0 saturated carbocycles. The molecule has 0 atom stereocenters. The van der Waals surface area contributed by atoms with Crippen molar-refractivity contribution < 1.29 is 28.5 Å². The highest BCUT2D eigenvalue weighted by molar-refractivity contribution is 5.79. The number of rotatable bonds is 26. The van der Waals surface area contributed by atoms with E-state index in [2.05, 4.69) is 36.5 Å². The van der Waals surface area contributed by atoms with Crippen molar-refractivity contribution in [3.63, 3.8) is 0 Å². The van der Waals surface area contributed by atoms with Crippen LogP contribution in [-0.4, -0.2) is 72.1 Å². The Balaban J connectivity index is 1.03. The number of hydrogen-bond donors (Lipinski definition) is 1. The van der Waals surface area contributed by atoms with E-state index in [1.807, 2.05) is 24.3 Å². The molecule has 2 aromatic carbocycles. The molecule has 7 nitrogen and oxygen atoms in total. The molecule has 1 amide bonds. The van der Waals surface area contributed by atoms with Crippen LogP contribution in [0.4, 0.5) is 4.79 Å². The molecule has 0 aromatic heterocycles. The summed E-state index contributed by atoms with van der Waals surface area (Å²) in [6.07, 6.45) is 13.7. The lowest BCUT2D eigenvalue weighted by Gasteiger charge is -2.14. The van der Waals surface area contributed by atoms with Crippen LogP contribution in [0.1, 0.15) is 94.6 Å². The number of carbonyl (C=O) groups excluding carboxylic acids is 1. The number of unbranched alkanes of at least 4 members (excludes halogenated alkanes) is 9. The monoisotopic (exact) mass is 597 g/mol. The zero-order valence-electron chi connectivity index (χ0n) is 26.5. The smallest absolute Gasteiger partial charge is 0.407 e. The van der Waals surface area contributed by atoms with Crippen molar-refractivity contribution in [2.75, 3.05) is 66.0 Å². The number of carbonyl (C=O) groups is 1. The summed E-state index contributed by atoms with van der Waals surface area (Å²) in [5.74, 6) is 0.0689. The lowest BCUT2D eigenvalue weighted by Crippen LogP contribution is -2.27. The molecule has 7 heteroatoms. The Bertz CT molecular complexity index is 954. The Morgan fingerprint density at radius 2 is 1.02 bits per heavy atom. The minimum Gasteiger partial charge on any atom is -0.449 e. The first-order valence-electron chi connectivity index (χ1n) is 16.7. The average molecular weight is 598 g/mol. The van der Waals surface area contributed by atoms with E-state index in [9.17, 15) is 4.79 Å². The fraction of sp³-hybridized carbons (Fsp3) is 0.639. The first-order valence-corrected chi connectivity index (χ1v) is 16.7. The average Bonchev–Trinajstić information content (AvgIpc) is 3.35. The highest BCUT2D eigenvalue weighted by atomic mass is 16.6. The van der Waals surface area contributed by atoms with Crippen LogP contribution >= 0.6 is 0 Å². The molecule has 0 unspecified atom stereocenters. The van der Waals surface area contributed by atoms with E-state index in [4.69, 9.17) is 23.7 Å². The van der Waals surface area contributed by atoms with E-state index in [1.54, 1.807) is 0 Å². The van der Waals surface area contributed by atoms with Crippen molar-refractivity contribution in [1.82, 2.24) is 5.32 Å². The van der Waals surface area contributed by atoms with Gasteiger partial charge in [-0.1, -0.05) is 113 Å². The third kappa shape index (κ3) is 14.3. The van der Waals surface area contributed by atoms with E-state index >= 15 is 0 Å². The van der Waals surface area contributed by atoms with E-state index in [0.717, 1.165) is 13.0 Å². The predicted molar refractivity (Wildman–Crippen MR) is 173 cm³/mol. The second-order valence-corrected chi connectivity index (χ2v) is 11.2. The second-order valence-electron chi connectivity index (χ2n) is 11.2. The Morgan fingerprint density at radius 3 is 1.56 bits per heavy atom. The largest absolute Gasteiger partial charge is 0.449 e. The van der Waals surface area contributed by atoms with Gasteiger partial charge < -0.3 is 29.0 Å². The minimum atomic E-state index is -0.394. The molecule has 2 aromatic rings. The van der Waals surface area contributed by atoms with Gasteiger partial charge in [-0.05, 0) is 35.1 Å². The SMILES string of the molecule is CCCCCCCCCCCCOCCOCCOCCOCCCNC(=O)OCC1c2ccccc2-c2ccccc21. The third-order valence-electron chi connectivity index (χ3n) is 7.84. The molecule has 1 N–H and O–H groups in total. The van der Waals surface area contributed by atoms with Crippen LogP contribution in [0.3, 0.4) is 0 Å². The van der Waals surface area contributed by atoms with Crippen molar-refractivity contribution in [3.05, 3.63) is 59.7 Å². The quantitative estimate of drug-likeness (QED) is 0.111. The molecular weight excluding hydrogens is 542 g/mol. The number of ether oxygens (including phenoxy) is 5. The van der Waals surface area contributed by atoms with Crippen LogP contribution in [0.25, 0.3) is 11.1 Å². The highest BCUT2D eigenvalue weighted by Gasteiger charge is 2.28. The standard InChI is InChI=1S/C36H55NO6/c1-2-3-4-5-6-7-8-9-10-15-22-39-24-26-41-28-29-42-27-25-40-23-16-21-37-36(38)43-30-35-33-19-13-11-17-31(33)32-18-12-14-20-34(32)35/h11-14,17-20,35H,2-10,15-16,21-30H2,1H3,(H,37,38). The fourth-order valence-electron chi connectivity index (χ4n) is 5.47. The maximum atomic E-state index is 12.2. The number of fused-ring (bicyclic) bond motifs is 3. The first-order chi connectivity index (χ1) is 21.3. The van der Waals surface area contributed by atoms with Gasteiger partial charge in [0.1, 0.15) is 6.61 Å². The molecule has 43 heavy (non-hydrogen) atoms. The fourth-order valence-corrected chi connectivity index (χ4v) is 5.47. The highest BCUT2D eigenvalue weighted by Crippen LogP contribution is 2.44. The summed E-state index contributed by atoms with van der Waals surface area (Å²) in [5, 5.41) is 2.82. The third-order valence-corrected chi connectivity index (χ3v) is 7.84. The van der Waals surface area contributed by atoms with Crippen molar-refractivity contribution in [2.24, 2.45) is 0 Å². The van der Waals surface area contributed by atoms with Gasteiger partial charge in [0, 0.05) is 25.7 Å². The van der Waals surface area contributed by atoms with Gasteiger partial charge in [-0.2, -0.15) is 0 Å². The molecule has 0 bridgehead atoms. The zero-order chi connectivity index (χ0) is 30.2. The summed E-state index contributed by atoms with van der Waals surface area (Å²) in [5.41, 5.74) is 4.87.